The van der Waals surface area contributed by atoms with E-state index in [1.54, 1.807) is 6.07 Å². The predicted molar refractivity (Wildman–Crippen MR) is 58.4 cm³/mol. The minimum atomic E-state index is -0.330. The molecule has 0 saturated heterocycles. The van der Waals surface area contributed by atoms with Gasteiger partial charge in [0.25, 0.3) is 0 Å². The van der Waals surface area contributed by atoms with E-state index < -0.39 is 0 Å². The lowest BCUT2D eigenvalue weighted by atomic mass is 10.2. The molecule has 2 aromatic rings. The molecule has 0 fully saturated rings. The zero-order chi connectivity index (χ0) is 11.7. The van der Waals surface area contributed by atoms with Gasteiger partial charge in [0.1, 0.15) is 5.82 Å². The molecule has 0 radical (unpaired) electrons. The maximum atomic E-state index is 13.0. The minimum absolute atomic E-state index is 0.163. The van der Waals surface area contributed by atoms with Crippen LogP contribution in [-0.2, 0) is 16.3 Å². The summed E-state index contributed by atoms with van der Waals surface area (Å²) >= 11 is 0. The maximum Gasteiger partial charge on any atom is 0.304 e. The molecular weight excluding hydrogens is 209 g/mol. The number of carbonyl (C=O) groups excluding carboxylic acids is 1. The summed E-state index contributed by atoms with van der Waals surface area (Å²) in [5.74, 6) is -0.597. The van der Waals surface area contributed by atoms with Crippen molar-refractivity contribution >= 4 is 16.9 Å². The van der Waals surface area contributed by atoms with Crippen molar-refractivity contribution in [3.8, 4) is 0 Å². The van der Waals surface area contributed by atoms with Gasteiger partial charge in [0.15, 0.2) is 6.73 Å². The van der Waals surface area contributed by atoms with Crippen molar-refractivity contribution in [1.29, 1.82) is 0 Å². The molecule has 1 aromatic heterocycles. The zero-order valence-corrected chi connectivity index (χ0v) is 9.16. The standard InChI is InChI=1S/C12H12FNO2/c1-8-5-10-6-11(13)3-4-12(10)14(8)7-16-9(2)15/h3-6H,7H2,1-2H3. The van der Waals surface area contributed by atoms with E-state index in [2.05, 4.69) is 0 Å². The molecule has 0 aliphatic rings. The SMILES string of the molecule is CC(=O)OCn1c(C)cc2cc(F)ccc21. The summed E-state index contributed by atoms with van der Waals surface area (Å²) in [7, 11) is 0. The fourth-order valence-electron chi connectivity index (χ4n) is 1.71. The molecule has 0 bridgehead atoms. The number of hydrogen-bond donors (Lipinski definition) is 0. The number of esters is 1. The highest BCUT2D eigenvalue weighted by molar-refractivity contribution is 5.81. The molecule has 0 saturated carbocycles. The van der Waals surface area contributed by atoms with E-state index in [4.69, 9.17) is 4.74 Å². The largest absolute Gasteiger partial charge is 0.444 e. The topological polar surface area (TPSA) is 31.2 Å². The Hall–Kier alpha value is -1.84. The van der Waals surface area contributed by atoms with Gasteiger partial charge in [-0.2, -0.15) is 0 Å². The Balaban J connectivity index is 2.43. The Morgan fingerprint density at radius 2 is 2.19 bits per heavy atom. The lowest BCUT2D eigenvalue weighted by Crippen LogP contribution is -2.07. The number of halogens is 1. The Morgan fingerprint density at radius 1 is 1.44 bits per heavy atom. The molecule has 0 amide bonds. The molecule has 4 heteroatoms. The lowest BCUT2D eigenvalue weighted by Gasteiger charge is -2.07. The van der Waals surface area contributed by atoms with E-state index in [9.17, 15) is 9.18 Å². The number of aryl methyl sites for hydroxylation is 1. The van der Waals surface area contributed by atoms with Crippen LogP contribution in [0.1, 0.15) is 12.6 Å². The summed E-state index contributed by atoms with van der Waals surface area (Å²) in [6.07, 6.45) is 0. The third-order valence-electron chi connectivity index (χ3n) is 2.47. The average molecular weight is 221 g/mol. The third kappa shape index (κ3) is 1.91. The van der Waals surface area contributed by atoms with Crippen molar-refractivity contribution in [2.24, 2.45) is 0 Å². The van der Waals surface area contributed by atoms with Gasteiger partial charge in [0.05, 0.1) is 5.52 Å². The van der Waals surface area contributed by atoms with Gasteiger partial charge in [-0.1, -0.05) is 0 Å². The van der Waals surface area contributed by atoms with Crippen LogP contribution in [0, 0.1) is 12.7 Å². The Labute approximate surface area is 92.4 Å². The third-order valence-corrected chi connectivity index (χ3v) is 2.47. The molecule has 16 heavy (non-hydrogen) atoms. The number of fused-ring (bicyclic) bond motifs is 1. The van der Waals surface area contributed by atoms with E-state index >= 15 is 0 Å². The Kier molecular flexibility index (Phi) is 2.64. The summed E-state index contributed by atoms with van der Waals surface area (Å²) in [5, 5.41) is 0.810. The molecule has 1 aromatic carbocycles. The fraction of sp³-hybridized carbons (Fsp3) is 0.250. The molecule has 1 heterocycles. The maximum absolute atomic E-state index is 13.0. The highest BCUT2D eigenvalue weighted by Gasteiger charge is 2.07. The van der Waals surface area contributed by atoms with Crippen molar-refractivity contribution in [2.45, 2.75) is 20.6 Å². The van der Waals surface area contributed by atoms with Gasteiger partial charge < -0.3 is 9.30 Å². The van der Waals surface area contributed by atoms with Crippen molar-refractivity contribution in [3.05, 3.63) is 35.8 Å². The smallest absolute Gasteiger partial charge is 0.304 e. The van der Waals surface area contributed by atoms with Gasteiger partial charge >= 0.3 is 5.97 Å². The quantitative estimate of drug-likeness (QED) is 0.730. The van der Waals surface area contributed by atoms with Crippen molar-refractivity contribution in [1.82, 2.24) is 4.57 Å². The van der Waals surface area contributed by atoms with Crippen LogP contribution in [0.3, 0.4) is 0 Å². The summed E-state index contributed by atoms with van der Waals surface area (Å²) in [6.45, 7) is 3.42. The van der Waals surface area contributed by atoms with Gasteiger partial charge in [-0.3, -0.25) is 4.79 Å². The van der Waals surface area contributed by atoms with Gasteiger partial charge in [-0.15, -0.1) is 0 Å². The van der Waals surface area contributed by atoms with Gasteiger partial charge in [-0.05, 0) is 31.2 Å². The summed E-state index contributed by atoms with van der Waals surface area (Å²) in [4.78, 5) is 10.7. The second-order valence-corrected chi connectivity index (χ2v) is 3.68. The number of aromatic nitrogens is 1. The molecule has 0 unspecified atom stereocenters. The molecular formula is C12H12FNO2. The van der Waals surface area contributed by atoms with E-state index in [1.807, 2.05) is 17.6 Å². The zero-order valence-electron chi connectivity index (χ0n) is 9.16. The molecule has 3 nitrogen and oxygen atoms in total. The van der Waals surface area contributed by atoms with Crippen LogP contribution in [0.25, 0.3) is 10.9 Å². The van der Waals surface area contributed by atoms with Crippen LogP contribution in [0.15, 0.2) is 24.3 Å². The molecule has 0 spiro atoms. The first-order valence-corrected chi connectivity index (χ1v) is 4.96. The normalized spacial score (nSPS) is 10.7. The highest BCUT2D eigenvalue weighted by Crippen LogP contribution is 2.20. The van der Waals surface area contributed by atoms with Crippen molar-refractivity contribution in [2.75, 3.05) is 0 Å². The van der Waals surface area contributed by atoms with E-state index in [0.717, 1.165) is 16.6 Å². The molecule has 2 rings (SSSR count). The van der Waals surface area contributed by atoms with E-state index in [0.29, 0.717) is 0 Å². The van der Waals surface area contributed by atoms with Crippen LogP contribution in [0.5, 0.6) is 0 Å². The first kappa shape index (κ1) is 10.7. The molecule has 0 N–H and O–H groups in total. The number of rotatable bonds is 2. The van der Waals surface area contributed by atoms with Crippen LogP contribution in [0.2, 0.25) is 0 Å². The summed E-state index contributed by atoms with van der Waals surface area (Å²) in [6, 6.07) is 6.40. The van der Waals surface area contributed by atoms with Crippen LogP contribution < -0.4 is 0 Å². The molecule has 0 atom stereocenters. The van der Waals surface area contributed by atoms with E-state index in [-0.39, 0.29) is 18.5 Å². The van der Waals surface area contributed by atoms with Crippen LogP contribution >= 0.6 is 0 Å². The number of hydrogen-bond acceptors (Lipinski definition) is 2. The second-order valence-electron chi connectivity index (χ2n) is 3.68. The number of nitrogens with zero attached hydrogens (tertiary/aromatic N) is 1. The van der Waals surface area contributed by atoms with E-state index in [1.165, 1.54) is 19.1 Å². The molecule has 0 aliphatic carbocycles. The predicted octanol–water partition coefficient (Wildman–Crippen LogP) is 2.61. The van der Waals surface area contributed by atoms with Gasteiger partial charge in [0.2, 0.25) is 0 Å². The van der Waals surface area contributed by atoms with Crippen molar-refractivity contribution in [3.63, 3.8) is 0 Å². The first-order chi connectivity index (χ1) is 7.58. The highest BCUT2D eigenvalue weighted by atomic mass is 19.1. The first-order valence-electron chi connectivity index (χ1n) is 4.96. The Bertz CT molecular complexity index is 545. The average Bonchev–Trinajstić information content (AvgIpc) is 2.50. The number of benzene rings is 1. The Morgan fingerprint density at radius 3 is 2.88 bits per heavy atom. The van der Waals surface area contributed by atoms with Gasteiger partial charge in [0, 0.05) is 18.0 Å². The van der Waals surface area contributed by atoms with Crippen LogP contribution in [-0.4, -0.2) is 10.5 Å². The summed E-state index contributed by atoms with van der Waals surface area (Å²) in [5.41, 5.74) is 1.79. The van der Waals surface area contributed by atoms with Crippen LogP contribution in [0.4, 0.5) is 4.39 Å². The lowest BCUT2D eigenvalue weighted by molar-refractivity contribution is -0.144. The molecule has 0 aliphatic heterocycles. The monoisotopic (exact) mass is 221 g/mol. The van der Waals surface area contributed by atoms with Crippen molar-refractivity contribution < 1.29 is 13.9 Å². The number of ether oxygens (including phenoxy) is 1. The summed E-state index contributed by atoms with van der Waals surface area (Å²) < 4.78 is 19.8. The second kappa shape index (κ2) is 3.96. The fourth-order valence-corrected chi connectivity index (χ4v) is 1.71. The number of carbonyl (C=O) groups is 1. The molecule has 84 valence electrons. The minimum Gasteiger partial charge on any atom is -0.444 e. The van der Waals surface area contributed by atoms with Gasteiger partial charge in [-0.25, -0.2) is 4.39 Å².